The number of esters is 1. The maximum absolute atomic E-state index is 11.6. The molecule has 1 saturated carbocycles. The summed E-state index contributed by atoms with van der Waals surface area (Å²) in [6.45, 7) is 0. The molecule has 0 aliphatic heterocycles. The average molecular weight is 292 g/mol. The van der Waals surface area contributed by atoms with E-state index in [0.717, 1.165) is 24.3 Å². The molecule has 2 rings (SSSR count). The Hall–Kier alpha value is -1.71. The number of hydrogen-bond donors (Lipinski definition) is 0. The van der Waals surface area contributed by atoms with Crippen LogP contribution >= 0.6 is 0 Å². The molecule has 1 aromatic carbocycles. The predicted molar refractivity (Wildman–Crippen MR) is 80.9 cm³/mol. The number of benzene rings is 1. The third kappa shape index (κ3) is 3.69. The fourth-order valence-electron chi connectivity index (χ4n) is 3.27. The molecule has 21 heavy (non-hydrogen) atoms. The van der Waals surface area contributed by atoms with Crippen LogP contribution in [0.2, 0.25) is 0 Å². The second kappa shape index (κ2) is 7.34. The highest BCUT2D eigenvalue weighted by Gasteiger charge is 2.29. The highest BCUT2D eigenvalue weighted by molar-refractivity contribution is 5.69. The van der Waals surface area contributed by atoms with E-state index in [1.807, 2.05) is 12.1 Å². The third-order valence-electron chi connectivity index (χ3n) is 4.40. The van der Waals surface area contributed by atoms with Crippen LogP contribution in [0.4, 0.5) is 0 Å². The Morgan fingerprint density at radius 3 is 2.48 bits per heavy atom. The van der Waals surface area contributed by atoms with E-state index in [0.29, 0.717) is 18.3 Å². The number of rotatable bonds is 5. The van der Waals surface area contributed by atoms with Gasteiger partial charge in [0, 0.05) is 6.42 Å². The van der Waals surface area contributed by atoms with Crippen LogP contribution in [0.25, 0.3) is 0 Å². The molecule has 2 unspecified atom stereocenters. The van der Waals surface area contributed by atoms with Crippen LogP contribution in [0.3, 0.4) is 0 Å². The van der Waals surface area contributed by atoms with Crippen LogP contribution in [-0.4, -0.2) is 27.3 Å². The molecule has 1 aliphatic rings. The largest absolute Gasteiger partial charge is 0.493 e. The molecular formula is C17H24O4. The molecule has 4 heteroatoms. The molecule has 0 saturated heterocycles. The summed E-state index contributed by atoms with van der Waals surface area (Å²) in [6, 6.07) is 6.07. The highest BCUT2D eigenvalue weighted by Crippen LogP contribution is 2.42. The lowest BCUT2D eigenvalue weighted by molar-refractivity contribution is -0.142. The summed E-state index contributed by atoms with van der Waals surface area (Å²) in [5.74, 6) is 2.10. The maximum atomic E-state index is 11.6. The molecule has 1 aromatic rings. The van der Waals surface area contributed by atoms with Crippen LogP contribution in [0, 0.1) is 5.92 Å². The van der Waals surface area contributed by atoms with Crippen molar-refractivity contribution in [1.29, 1.82) is 0 Å². The van der Waals surface area contributed by atoms with Crippen LogP contribution < -0.4 is 9.47 Å². The van der Waals surface area contributed by atoms with Gasteiger partial charge in [-0.1, -0.05) is 18.9 Å². The molecule has 0 amide bonds. The molecule has 1 aliphatic carbocycles. The SMILES string of the molecule is COC(=O)CC1CCCCC1c1ccc(OC)c(OC)c1. The van der Waals surface area contributed by atoms with Gasteiger partial charge in [0.1, 0.15) is 0 Å². The van der Waals surface area contributed by atoms with Crippen molar-refractivity contribution in [3.8, 4) is 11.5 Å². The molecule has 1 fully saturated rings. The van der Waals surface area contributed by atoms with Gasteiger partial charge >= 0.3 is 5.97 Å². The normalized spacial score (nSPS) is 21.7. The van der Waals surface area contributed by atoms with E-state index >= 15 is 0 Å². The molecule has 2 atom stereocenters. The summed E-state index contributed by atoms with van der Waals surface area (Å²) in [5, 5.41) is 0. The molecule has 0 heterocycles. The lowest BCUT2D eigenvalue weighted by Gasteiger charge is -2.31. The quantitative estimate of drug-likeness (QED) is 0.779. The fourth-order valence-corrected chi connectivity index (χ4v) is 3.27. The van der Waals surface area contributed by atoms with Crippen molar-refractivity contribution in [2.45, 2.75) is 38.0 Å². The van der Waals surface area contributed by atoms with Crippen molar-refractivity contribution >= 4 is 5.97 Å². The third-order valence-corrected chi connectivity index (χ3v) is 4.40. The topological polar surface area (TPSA) is 44.8 Å². The minimum Gasteiger partial charge on any atom is -0.493 e. The van der Waals surface area contributed by atoms with Crippen molar-refractivity contribution in [2.24, 2.45) is 5.92 Å². The van der Waals surface area contributed by atoms with E-state index in [4.69, 9.17) is 14.2 Å². The molecule has 0 spiro atoms. The van der Waals surface area contributed by atoms with Crippen LogP contribution in [-0.2, 0) is 9.53 Å². The smallest absolute Gasteiger partial charge is 0.305 e. The fraction of sp³-hybridized carbons (Fsp3) is 0.588. The molecular weight excluding hydrogens is 268 g/mol. The number of methoxy groups -OCH3 is 3. The van der Waals surface area contributed by atoms with Crippen LogP contribution in [0.1, 0.15) is 43.6 Å². The van der Waals surface area contributed by atoms with E-state index in [1.165, 1.54) is 25.5 Å². The zero-order chi connectivity index (χ0) is 15.2. The van der Waals surface area contributed by atoms with Gasteiger partial charge in [-0.15, -0.1) is 0 Å². The van der Waals surface area contributed by atoms with Gasteiger partial charge in [-0.3, -0.25) is 4.79 Å². The van der Waals surface area contributed by atoms with E-state index in [2.05, 4.69) is 6.07 Å². The average Bonchev–Trinajstić information content (AvgIpc) is 2.54. The van der Waals surface area contributed by atoms with Gasteiger partial charge < -0.3 is 14.2 Å². The van der Waals surface area contributed by atoms with Gasteiger partial charge in [0.2, 0.25) is 0 Å². The Morgan fingerprint density at radius 1 is 1.10 bits per heavy atom. The lowest BCUT2D eigenvalue weighted by Crippen LogP contribution is -2.21. The Bertz CT molecular complexity index is 484. The van der Waals surface area contributed by atoms with Crippen LogP contribution in [0.5, 0.6) is 11.5 Å². The molecule has 4 nitrogen and oxygen atoms in total. The molecule has 116 valence electrons. The minimum absolute atomic E-state index is 0.118. The monoisotopic (exact) mass is 292 g/mol. The zero-order valence-electron chi connectivity index (χ0n) is 13.1. The number of carbonyl (C=O) groups is 1. The van der Waals surface area contributed by atoms with E-state index < -0.39 is 0 Å². The summed E-state index contributed by atoms with van der Waals surface area (Å²) >= 11 is 0. The van der Waals surface area contributed by atoms with Gasteiger partial charge in [0.05, 0.1) is 21.3 Å². The van der Waals surface area contributed by atoms with E-state index in [1.54, 1.807) is 14.2 Å². The zero-order valence-corrected chi connectivity index (χ0v) is 13.1. The maximum Gasteiger partial charge on any atom is 0.305 e. The molecule has 0 radical (unpaired) electrons. The molecule has 0 bridgehead atoms. The summed E-state index contributed by atoms with van der Waals surface area (Å²) < 4.78 is 15.5. The summed E-state index contributed by atoms with van der Waals surface area (Å²) in [4.78, 5) is 11.6. The second-order valence-corrected chi connectivity index (χ2v) is 5.55. The van der Waals surface area contributed by atoms with Gasteiger partial charge in [0.25, 0.3) is 0 Å². The van der Waals surface area contributed by atoms with E-state index in [-0.39, 0.29) is 5.97 Å². The first-order valence-electron chi connectivity index (χ1n) is 7.48. The van der Waals surface area contributed by atoms with Crippen molar-refractivity contribution in [2.75, 3.05) is 21.3 Å². The standard InChI is InChI=1S/C17H24O4/c1-19-15-9-8-13(10-16(15)20-2)14-7-5-4-6-12(14)11-17(18)21-3/h8-10,12,14H,4-7,11H2,1-3H3. The first-order chi connectivity index (χ1) is 10.2. The first-order valence-corrected chi connectivity index (χ1v) is 7.48. The summed E-state index contributed by atoms with van der Waals surface area (Å²) in [6.07, 6.45) is 5.07. The van der Waals surface area contributed by atoms with Gasteiger partial charge in [-0.2, -0.15) is 0 Å². The minimum atomic E-state index is -0.118. The lowest BCUT2D eigenvalue weighted by atomic mass is 9.74. The van der Waals surface area contributed by atoms with Crippen molar-refractivity contribution < 1.29 is 19.0 Å². The predicted octanol–water partition coefficient (Wildman–Crippen LogP) is 3.54. The number of ether oxygens (including phenoxy) is 3. The van der Waals surface area contributed by atoms with Crippen molar-refractivity contribution in [3.63, 3.8) is 0 Å². The summed E-state index contributed by atoms with van der Waals surface area (Å²) in [7, 11) is 4.74. The molecule has 0 N–H and O–H groups in total. The van der Waals surface area contributed by atoms with E-state index in [9.17, 15) is 4.79 Å². The highest BCUT2D eigenvalue weighted by atomic mass is 16.5. The van der Waals surface area contributed by atoms with Crippen molar-refractivity contribution in [3.05, 3.63) is 23.8 Å². The first kappa shape index (κ1) is 15.7. The number of carbonyl (C=O) groups excluding carboxylic acids is 1. The van der Waals surface area contributed by atoms with Crippen LogP contribution in [0.15, 0.2) is 18.2 Å². The Kier molecular flexibility index (Phi) is 5.48. The Balaban J connectivity index is 2.22. The number of hydrogen-bond acceptors (Lipinski definition) is 4. The second-order valence-electron chi connectivity index (χ2n) is 5.55. The van der Waals surface area contributed by atoms with Gasteiger partial charge in [0.15, 0.2) is 11.5 Å². The molecule has 0 aromatic heterocycles. The van der Waals surface area contributed by atoms with Gasteiger partial charge in [-0.05, 0) is 42.4 Å². The summed E-state index contributed by atoms with van der Waals surface area (Å²) in [5.41, 5.74) is 1.22. The van der Waals surface area contributed by atoms with Gasteiger partial charge in [-0.25, -0.2) is 0 Å². The van der Waals surface area contributed by atoms with Crippen molar-refractivity contribution in [1.82, 2.24) is 0 Å². The Labute approximate surface area is 126 Å². The Morgan fingerprint density at radius 2 is 1.81 bits per heavy atom.